The lowest BCUT2D eigenvalue weighted by molar-refractivity contribution is -0.119. The molecule has 1 aromatic heterocycles. The first-order chi connectivity index (χ1) is 12.5. The number of hydrogen-bond acceptors (Lipinski definition) is 6. The van der Waals surface area contributed by atoms with Gasteiger partial charge in [-0.15, -0.1) is 11.3 Å². The van der Waals surface area contributed by atoms with E-state index in [1.807, 2.05) is 6.07 Å². The molecule has 8 heteroatoms. The van der Waals surface area contributed by atoms with Crippen LogP contribution in [0.1, 0.15) is 40.5 Å². The Balaban J connectivity index is 1.93. The van der Waals surface area contributed by atoms with Crippen molar-refractivity contribution in [3.8, 4) is 0 Å². The lowest BCUT2D eigenvalue weighted by atomic mass is 10.1. The van der Waals surface area contributed by atoms with E-state index in [9.17, 15) is 14.4 Å². The summed E-state index contributed by atoms with van der Waals surface area (Å²) in [4.78, 5) is 35.5. The number of para-hydroxylation sites is 1. The van der Waals surface area contributed by atoms with Gasteiger partial charge >= 0.3 is 5.97 Å². The minimum absolute atomic E-state index is 0.222. The van der Waals surface area contributed by atoms with Crippen molar-refractivity contribution in [2.45, 2.75) is 19.8 Å². The number of carbonyl (C=O) groups is 3. The van der Waals surface area contributed by atoms with Crippen LogP contribution in [0.5, 0.6) is 0 Å². The maximum absolute atomic E-state index is 12.3. The molecule has 0 spiro atoms. The van der Waals surface area contributed by atoms with Crippen molar-refractivity contribution >= 4 is 39.8 Å². The van der Waals surface area contributed by atoms with Gasteiger partial charge in [0, 0.05) is 12.2 Å². The van der Waals surface area contributed by atoms with Crippen molar-refractivity contribution in [2.75, 3.05) is 23.8 Å². The predicted octanol–water partition coefficient (Wildman–Crippen LogP) is 2.85. The number of hydrogen-bond donors (Lipinski definition) is 3. The predicted molar refractivity (Wildman–Crippen MR) is 102 cm³/mol. The van der Waals surface area contributed by atoms with E-state index in [1.165, 1.54) is 17.4 Å². The monoisotopic (exact) mass is 375 g/mol. The summed E-state index contributed by atoms with van der Waals surface area (Å²) >= 11 is 1.17. The van der Waals surface area contributed by atoms with Gasteiger partial charge in [0.25, 0.3) is 11.8 Å². The van der Waals surface area contributed by atoms with E-state index in [0.29, 0.717) is 16.3 Å². The number of rotatable bonds is 9. The molecule has 138 valence electrons. The van der Waals surface area contributed by atoms with Gasteiger partial charge in [0.15, 0.2) is 6.61 Å². The van der Waals surface area contributed by atoms with Gasteiger partial charge in [-0.3, -0.25) is 9.59 Å². The summed E-state index contributed by atoms with van der Waals surface area (Å²) in [5.74, 6) is -1.77. The summed E-state index contributed by atoms with van der Waals surface area (Å²) in [7, 11) is 0. The summed E-state index contributed by atoms with van der Waals surface area (Å²) in [5, 5.41) is 7.68. The molecule has 0 aliphatic carbocycles. The van der Waals surface area contributed by atoms with Gasteiger partial charge in [-0.2, -0.15) is 0 Å². The van der Waals surface area contributed by atoms with Crippen molar-refractivity contribution in [3.05, 3.63) is 46.8 Å². The van der Waals surface area contributed by atoms with Crippen molar-refractivity contribution < 1.29 is 19.1 Å². The number of esters is 1. The zero-order valence-corrected chi connectivity index (χ0v) is 15.2. The number of nitrogens with two attached hydrogens (primary N) is 1. The first kappa shape index (κ1) is 19.5. The molecule has 0 aliphatic rings. The molecule has 4 N–H and O–H groups in total. The Morgan fingerprint density at radius 1 is 1.15 bits per heavy atom. The normalized spacial score (nSPS) is 10.2. The molecule has 2 aromatic rings. The molecule has 0 unspecified atom stereocenters. The van der Waals surface area contributed by atoms with Crippen LogP contribution in [0.4, 0.5) is 10.7 Å². The second-order valence-electron chi connectivity index (χ2n) is 5.48. The zero-order valence-electron chi connectivity index (χ0n) is 14.4. The highest BCUT2D eigenvalue weighted by molar-refractivity contribution is 7.14. The number of thiophene rings is 1. The van der Waals surface area contributed by atoms with Crippen LogP contribution >= 0.6 is 11.3 Å². The minimum Gasteiger partial charge on any atom is -0.452 e. The van der Waals surface area contributed by atoms with Gasteiger partial charge < -0.3 is 21.1 Å². The van der Waals surface area contributed by atoms with Gasteiger partial charge in [-0.05, 0) is 30.0 Å². The SMILES string of the molecule is CCCCNc1ccccc1C(=O)OCC(=O)Nc1sccc1C(N)=O. The van der Waals surface area contributed by atoms with Crippen molar-refractivity contribution in [3.63, 3.8) is 0 Å². The molecule has 26 heavy (non-hydrogen) atoms. The van der Waals surface area contributed by atoms with E-state index in [1.54, 1.807) is 23.6 Å². The maximum Gasteiger partial charge on any atom is 0.340 e. The van der Waals surface area contributed by atoms with Gasteiger partial charge in [0.1, 0.15) is 5.00 Å². The van der Waals surface area contributed by atoms with Crippen LogP contribution in [0.2, 0.25) is 0 Å². The van der Waals surface area contributed by atoms with Crippen molar-refractivity contribution in [1.29, 1.82) is 0 Å². The Labute approximate surface area is 155 Å². The summed E-state index contributed by atoms with van der Waals surface area (Å²) in [5.41, 5.74) is 6.48. The van der Waals surface area contributed by atoms with Crippen molar-refractivity contribution in [2.24, 2.45) is 5.73 Å². The van der Waals surface area contributed by atoms with E-state index in [2.05, 4.69) is 17.6 Å². The first-order valence-corrected chi connectivity index (χ1v) is 9.08. The topological polar surface area (TPSA) is 111 Å². The summed E-state index contributed by atoms with van der Waals surface area (Å²) < 4.78 is 5.08. The Bertz CT molecular complexity index is 788. The molecule has 0 fully saturated rings. The summed E-state index contributed by atoms with van der Waals surface area (Å²) in [6, 6.07) is 8.50. The fraction of sp³-hybridized carbons (Fsp3) is 0.278. The van der Waals surface area contributed by atoms with Crippen LogP contribution in [0.25, 0.3) is 0 Å². The highest BCUT2D eigenvalue weighted by atomic mass is 32.1. The number of ether oxygens (including phenoxy) is 1. The van der Waals surface area contributed by atoms with E-state index in [4.69, 9.17) is 10.5 Å². The second kappa shape index (κ2) is 9.57. The van der Waals surface area contributed by atoms with Gasteiger partial charge in [0.2, 0.25) is 0 Å². The number of carbonyl (C=O) groups excluding carboxylic acids is 3. The van der Waals surface area contributed by atoms with Gasteiger partial charge in [-0.1, -0.05) is 25.5 Å². The Morgan fingerprint density at radius 3 is 2.65 bits per heavy atom. The quantitative estimate of drug-likeness (QED) is 0.461. The molecule has 7 nitrogen and oxygen atoms in total. The summed E-state index contributed by atoms with van der Waals surface area (Å²) in [6.45, 7) is 2.37. The Hall–Kier alpha value is -2.87. The third-order valence-corrected chi connectivity index (χ3v) is 4.34. The molecule has 0 atom stereocenters. The molecule has 0 radical (unpaired) electrons. The molecular weight excluding hydrogens is 354 g/mol. The van der Waals surface area contributed by atoms with E-state index < -0.39 is 24.4 Å². The van der Waals surface area contributed by atoms with Crippen LogP contribution < -0.4 is 16.4 Å². The highest BCUT2D eigenvalue weighted by Gasteiger charge is 2.16. The highest BCUT2D eigenvalue weighted by Crippen LogP contribution is 2.22. The Kier molecular flexibility index (Phi) is 7.16. The number of benzene rings is 1. The van der Waals surface area contributed by atoms with Crippen LogP contribution in [-0.2, 0) is 9.53 Å². The van der Waals surface area contributed by atoms with E-state index >= 15 is 0 Å². The largest absolute Gasteiger partial charge is 0.452 e. The minimum atomic E-state index is -0.634. The zero-order chi connectivity index (χ0) is 18.9. The van der Waals surface area contributed by atoms with Crippen LogP contribution in [0.3, 0.4) is 0 Å². The molecule has 0 bridgehead atoms. The molecular formula is C18H21N3O4S. The number of nitrogens with one attached hydrogen (secondary N) is 2. The van der Waals surface area contributed by atoms with Gasteiger partial charge in [-0.25, -0.2) is 4.79 Å². The van der Waals surface area contributed by atoms with E-state index in [0.717, 1.165) is 19.4 Å². The number of anilines is 2. The molecule has 0 aliphatic heterocycles. The average molecular weight is 375 g/mol. The number of amides is 2. The molecule has 2 amide bonds. The average Bonchev–Trinajstić information content (AvgIpc) is 3.08. The lowest BCUT2D eigenvalue weighted by Gasteiger charge is -2.11. The van der Waals surface area contributed by atoms with Crippen LogP contribution in [0, 0.1) is 0 Å². The van der Waals surface area contributed by atoms with E-state index in [-0.39, 0.29) is 5.56 Å². The van der Waals surface area contributed by atoms with Gasteiger partial charge in [0.05, 0.1) is 11.1 Å². The molecule has 2 rings (SSSR count). The Morgan fingerprint density at radius 2 is 1.92 bits per heavy atom. The molecule has 0 saturated heterocycles. The van der Waals surface area contributed by atoms with Crippen LogP contribution in [0.15, 0.2) is 35.7 Å². The van der Waals surface area contributed by atoms with Crippen molar-refractivity contribution in [1.82, 2.24) is 0 Å². The fourth-order valence-corrected chi connectivity index (χ4v) is 3.00. The number of unbranched alkanes of at least 4 members (excludes halogenated alkanes) is 1. The standard InChI is InChI=1S/C18H21N3O4S/c1-2-3-9-20-14-7-5-4-6-12(14)18(24)25-11-15(22)21-17-13(16(19)23)8-10-26-17/h4-8,10,20H,2-3,9,11H2,1H3,(H2,19,23)(H,21,22). The smallest absolute Gasteiger partial charge is 0.340 e. The maximum atomic E-state index is 12.3. The molecule has 1 heterocycles. The third-order valence-electron chi connectivity index (χ3n) is 3.51. The summed E-state index contributed by atoms with van der Waals surface area (Å²) in [6.07, 6.45) is 2.02. The second-order valence-corrected chi connectivity index (χ2v) is 6.39. The molecule has 0 saturated carbocycles. The van der Waals surface area contributed by atoms with Crippen LogP contribution in [-0.4, -0.2) is 30.9 Å². The first-order valence-electron chi connectivity index (χ1n) is 8.20. The number of primary amides is 1. The fourth-order valence-electron chi connectivity index (χ4n) is 2.19. The lowest BCUT2D eigenvalue weighted by Crippen LogP contribution is -2.22. The third kappa shape index (κ3) is 5.32. The molecule has 1 aromatic carbocycles.